The van der Waals surface area contributed by atoms with E-state index in [2.05, 4.69) is 37.4 Å². The maximum absolute atomic E-state index is 10.4. The van der Waals surface area contributed by atoms with E-state index in [1.54, 1.807) is 25.3 Å². The molecule has 32 heavy (non-hydrogen) atoms. The summed E-state index contributed by atoms with van der Waals surface area (Å²) in [5.41, 5.74) is 1.84. The molecule has 2 aromatic rings. The fourth-order valence-corrected chi connectivity index (χ4v) is 3.52. The first-order chi connectivity index (χ1) is 15.5. The molecule has 1 fully saturated rings. The van der Waals surface area contributed by atoms with Crippen molar-refractivity contribution in [2.24, 2.45) is 5.92 Å². The molecule has 0 aromatic carbocycles. The lowest BCUT2D eigenvalue weighted by Crippen LogP contribution is -2.36. The number of aliphatic hydroxyl groups excluding tert-OH is 4. The molecule has 10 heteroatoms. The Morgan fingerprint density at radius 1 is 1.16 bits per heavy atom. The number of nitrogens with zero attached hydrogens (tertiary/aromatic N) is 3. The number of hydrogen-bond donors (Lipinski definition) is 6. The third-order valence-electron chi connectivity index (χ3n) is 5.34. The van der Waals surface area contributed by atoms with Crippen molar-refractivity contribution in [2.75, 3.05) is 37.5 Å². The molecule has 0 unspecified atom stereocenters. The standard InChI is InChI=1S/C22H29N5O5/c1-13-16(6-4-14-5-7-18(32-2)24-11-14)21(27-22(25-13)23-8-3-9-28)26-17-10-15(12-29)19(30)20(17)31/h5,7,11,15,17,19-20,28-31H,3,8-10,12H2,1-2H3,(H2,23,25,26,27)/t15-,17-,19-,20+/m1/s1. The molecule has 1 aliphatic carbocycles. The molecule has 0 amide bonds. The average Bonchev–Trinajstić information content (AvgIpc) is 3.07. The van der Waals surface area contributed by atoms with Crippen molar-refractivity contribution in [3.05, 3.63) is 35.2 Å². The number of aryl methyl sites for hydroxylation is 1. The van der Waals surface area contributed by atoms with Crippen molar-refractivity contribution < 1.29 is 25.2 Å². The third kappa shape index (κ3) is 5.63. The minimum Gasteiger partial charge on any atom is -0.481 e. The van der Waals surface area contributed by atoms with E-state index in [1.807, 2.05) is 0 Å². The van der Waals surface area contributed by atoms with Gasteiger partial charge in [0.25, 0.3) is 0 Å². The average molecular weight is 444 g/mol. The molecule has 0 radical (unpaired) electrons. The van der Waals surface area contributed by atoms with Crippen molar-refractivity contribution in [1.82, 2.24) is 15.0 Å². The number of nitrogens with one attached hydrogen (secondary N) is 2. The quantitative estimate of drug-likeness (QED) is 0.241. The summed E-state index contributed by atoms with van der Waals surface area (Å²) >= 11 is 0. The van der Waals surface area contributed by atoms with E-state index in [4.69, 9.17) is 9.84 Å². The highest BCUT2D eigenvalue weighted by Gasteiger charge is 2.41. The molecule has 2 aromatic heterocycles. The molecular weight excluding hydrogens is 414 g/mol. The Kier molecular flexibility index (Phi) is 8.19. The van der Waals surface area contributed by atoms with Crippen LogP contribution in [0.5, 0.6) is 5.88 Å². The minimum atomic E-state index is -1.06. The molecule has 10 nitrogen and oxygen atoms in total. The number of pyridine rings is 1. The van der Waals surface area contributed by atoms with Crippen molar-refractivity contribution in [3.63, 3.8) is 0 Å². The zero-order valence-corrected chi connectivity index (χ0v) is 18.1. The summed E-state index contributed by atoms with van der Waals surface area (Å²) in [6.45, 7) is 2.13. The van der Waals surface area contributed by atoms with Crippen LogP contribution in [0, 0.1) is 24.7 Å². The smallest absolute Gasteiger partial charge is 0.224 e. The molecule has 1 aliphatic rings. The molecule has 1 saturated carbocycles. The zero-order chi connectivity index (χ0) is 23.1. The fourth-order valence-electron chi connectivity index (χ4n) is 3.52. The SMILES string of the molecule is COc1ccc(C#Cc2c(C)nc(NCCCO)nc2N[C@@H]2C[C@H](CO)[C@@H](O)[C@H]2O)cn1. The van der Waals surface area contributed by atoms with Gasteiger partial charge < -0.3 is 35.8 Å². The summed E-state index contributed by atoms with van der Waals surface area (Å²) in [4.78, 5) is 13.1. The first kappa shape index (κ1) is 23.7. The van der Waals surface area contributed by atoms with Crippen molar-refractivity contribution in [3.8, 4) is 17.7 Å². The van der Waals surface area contributed by atoms with Gasteiger partial charge in [0.15, 0.2) is 0 Å². The molecular formula is C22H29N5O5. The molecule has 0 saturated heterocycles. The van der Waals surface area contributed by atoms with Crippen LogP contribution in [0.1, 0.15) is 29.7 Å². The van der Waals surface area contributed by atoms with Crippen LogP contribution in [0.25, 0.3) is 0 Å². The maximum atomic E-state index is 10.4. The molecule has 172 valence electrons. The number of ether oxygens (including phenoxy) is 1. The number of rotatable bonds is 8. The van der Waals surface area contributed by atoms with Crippen LogP contribution in [0.2, 0.25) is 0 Å². The van der Waals surface area contributed by atoms with Crippen LogP contribution in [0.4, 0.5) is 11.8 Å². The maximum Gasteiger partial charge on any atom is 0.224 e. The predicted octanol–water partition coefficient (Wildman–Crippen LogP) is -0.103. The summed E-state index contributed by atoms with van der Waals surface area (Å²) in [5.74, 6) is 6.95. The van der Waals surface area contributed by atoms with Gasteiger partial charge in [0.2, 0.25) is 11.8 Å². The Bertz CT molecular complexity index is 960. The van der Waals surface area contributed by atoms with Crippen LogP contribution in [-0.4, -0.2) is 80.5 Å². The van der Waals surface area contributed by atoms with Gasteiger partial charge in [-0.2, -0.15) is 4.98 Å². The highest BCUT2D eigenvalue weighted by atomic mass is 16.5. The lowest BCUT2D eigenvalue weighted by atomic mass is 10.1. The normalized spacial score (nSPS) is 22.2. The first-order valence-electron chi connectivity index (χ1n) is 10.5. The van der Waals surface area contributed by atoms with E-state index < -0.39 is 24.2 Å². The molecule has 0 bridgehead atoms. The lowest BCUT2D eigenvalue weighted by Gasteiger charge is -2.20. The van der Waals surface area contributed by atoms with Gasteiger partial charge in [0.05, 0.1) is 30.5 Å². The number of aliphatic hydroxyl groups is 4. The van der Waals surface area contributed by atoms with Crippen LogP contribution in [-0.2, 0) is 0 Å². The molecule has 3 rings (SSSR count). The highest BCUT2D eigenvalue weighted by molar-refractivity contribution is 5.60. The van der Waals surface area contributed by atoms with E-state index in [0.717, 1.165) is 0 Å². The van der Waals surface area contributed by atoms with Gasteiger partial charge >= 0.3 is 0 Å². The zero-order valence-electron chi connectivity index (χ0n) is 18.1. The van der Waals surface area contributed by atoms with Crippen LogP contribution in [0.3, 0.4) is 0 Å². The van der Waals surface area contributed by atoms with E-state index >= 15 is 0 Å². The molecule has 0 aliphatic heterocycles. The van der Waals surface area contributed by atoms with E-state index in [-0.39, 0.29) is 13.2 Å². The first-order valence-corrected chi connectivity index (χ1v) is 10.5. The van der Waals surface area contributed by atoms with E-state index in [1.165, 1.54) is 7.11 Å². The van der Waals surface area contributed by atoms with Gasteiger partial charge in [-0.1, -0.05) is 11.8 Å². The third-order valence-corrected chi connectivity index (χ3v) is 5.34. The van der Waals surface area contributed by atoms with E-state index in [9.17, 15) is 15.3 Å². The van der Waals surface area contributed by atoms with Gasteiger partial charge in [0, 0.05) is 43.5 Å². The van der Waals surface area contributed by atoms with Gasteiger partial charge in [-0.25, -0.2) is 9.97 Å². The predicted molar refractivity (Wildman–Crippen MR) is 118 cm³/mol. The Morgan fingerprint density at radius 2 is 1.97 bits per heavy atom. The Balaban J connectivity index is 1.91. The molecule has 0 spiro atoms. The van der Waals surface area contributed by atoms with Crippen LogP contribution in [0.15, 0.2) is 18.3 Å². The number of methoxy groups -OCH3 is 1. The van der Waals surface area contributed by atoms with Crippen LogP contribution >= 0.6 is 0 Å². The highest BCUT2D eigenvalue weighted by Crippen LogP contribution is 2.30. The van der Waals surface area contributed by atoms with Gasteiger partial charge in [0.1, 0.15) is 11.9 Å². The Hall–Kier alpha value is -2.97. The summed E-state index contributed by atoms with van der Waals surface area (Å²) in [6.07, 6.45) is 0.443. The molecule has 4 atom stereocenters. The molecule has 6 N–H and O–H groups in total. The van der Waals surface area contributed by atoms with Gasteiger partial charge in [-0.15, -0.1) is 0 Å². The number of anilines is 2. The summed E-state index contributed by atoms with van der Waals surface area (Å²) in [7, 11) is 1.54. The lowest BCUT2D eigenvalue weighted by molar-refractivity contribution is 0.00445. The summed E-state index contributed by atoms with van der Waals surface area (Å²) in [5, 5.41) is 45.3. The molecule has 2 heterocycles. The fraction of sp³-hybridized carbons (Fsp3) is 0.500. The second-order valence-corrected chi connectivity index (χ2v) is 7.61. The number of aromatic nitrogens is 3. The van der Waals surface area contributed by atoms with Crippen molar-refractivity contribution in [1.29, 1.82) is 0 Å². The monoisotopic (exact) mass is 443 g/mol. The Labute approximate surface area is 186 Å². The summed E-state index contributed by atoms with van der Waals surface area (Å²) in [6, 6.07) is 2.99. The van der Waals surface area contributed by atoms with E-state index in [0.29, 0.717) is 53.9 Å². The Morgan fingerprint density at radius 3 is 2.59 bits per heavy atom. The minimum absolute atomic E-state index is 0.0469. The second kappa shape index (κ2) is 11.1. The summed E-state index contributed by atoms with van der Waals surface area (Å²) < 4.78 is 5.06. The van der Waals surface area contributed by atoms with Gasteiger partial charge in [-0.05, 0) is 25.8 Å². The largest absolute Gasteiger partial charge is 0.481 e. The van der Waals surface area contributed by atoms with Crippen molar-refractivity contribution in [2.45, 2.75) is 38.0 Å². The second-order valence-electron chi connectivity index (χ2n) is 7.61. The van der Waals surface area contributed by atoms with Gasteiger partial charge in [-0.3, -0.25) is 0 Å². The van der Waals surface area contributed by atoms with Crippen molar-refractivity contribution >= 4 is 11.8 Å². The van der Waals surface area contributed by atoms with Crippen LogP contribution < -0.4 is 15.4 Å². The number of hydrogen-bond acceptors (Lipinski definition) is 10. The topological polar surface area (TPSA) is 153 Å².